The van der Waals surface area contributed by atoms with Crippen molar-refractivity contribution in [2.45, 2.75) is 46.4 Å². The van der Waals surface area contributed by atoms with Crippen LogP contribution in [0.4, 0.5) is 0 Å². The van der Waals surface area contributed by atoms with Gasteiger partial charge in [0.15, 0.2) is 0 Å². The predicted octanol–water partition coefficient (Wildman–Crippen LogP) is 3.11. The highest BCUT2D eigenvalue weighted by Crippen LogP contribution is 2.55. The van der Waals surface area contributed by atoms with Gasteiger partial charge < -0.3 is 15.0 Å². The minimum Gasteiger partial charge on any atom is -0.489 e. The summed E-state index contributed by atoms with van der Waals surface area (Å²) in [7, 11) is 3.34. The Kier molecular flexibility index (Phi) is 6.25. The van der Waals surface area contributed by atoms with Gasteiger partial charge in [0.05, 0.1) is 10.6 Å². The van der Waals surface area contributed by atoms with Crippen molar-refractivity contribution in [1.82, 2.24) is 20.0 Å². The number of nitriles is 1. The molecule has 8 nitrogen and oxygen atoms in total. The summed E-state index contributed by atoms with van der Waals surface area (Å²) in [5.41, 5.74) is -0.0965. The summed E-state index contributed by atoms with van der Waals surface area (Å²) < 4.78 is 7.70. The monoisotopic (exact) mass is 457 g/mol. The average molecular weight is 458 g/mol. The molecule has 2 aromatic rings. The molecule has 1 aromatic carbocycles. The molecule has 1 aromatic heterocycles. The standard InChI is InChI=1S/C23H28ClN5O3/c1-22(2)20(26-19(31)17-9-10-29(27-17)13-18(30)28(5)6)23(3,4)21(22)32-15-8-7-14(12-25)16(24)11-15/h7-11,20-21H,13H2,1-6H3,(H,26,31). The number of aromatic nitrogens is 2. The van der Waals surface area contributed by atoms with Crippen molar-refractivity contribution >= 4 is 23.4 Å². The molecule has 1 N–H and O–H groups in total. The van der Waals surface area contributed by atoms with Crippen molar-refractivity contribution in [3.63, 3.8) is 0 Å². The third-order valence-electron chi connectivity index (χ3n) is 6.10. The van der Waals surface area contributed by atoms with Gasteiger partial charge in [-0.2, -0.15) is 10.4 Å². The molecule has 170 valence electrons. The smallest absolute Gasteiger partial charge is 0.272 e. The Bertz CT molecular complexity index is 1070. The minimum atomic E-state index is -0.372. The van der Waals surface area contributed by atoms with E-state index in [-0.39, 0.29) is 47.0 Å². The molecular weight excluding hydrogens is 430 g/mol. The van der Waals surface area contributed by atoms with Gasteiger partial charge in [-0.15, -0.1) is 0 Å². The summed E-state index contributed by atoms with van der Waals surface area (Å²) in [6.07, 6.45) is 1.42. The average Bonchev–Trinajstić information content (AvgIpc) is 3.18. The summed E-state index contributed by atoms with van der Waals surface area (Å²) in [6.45, 7) is 8.21. The molecule has 1 heterocycles. The van der Waals surface area contributed by atoms with E-state index in [4.69, 9.17) is 21.6 Å². The topological polar surface area (TPSA) is 100 Å². The molecule has 9 heteroatoms. The highest BCUT2D eigenvalue weighted by molar-refractivity contribution is 6.31. The largest absolute Gasteiger partial charge is 0.489 e. The van der Waals surface area contributed by atoms with Crippen molar-refractivity contribution in [3.05, 3.63) is 46.7 Å². The van der Waals surface area contributed by atoms with Crippen LogP contribution in [0.15, 0.2) is 30.5 Å². The van der Waals surface area contributed by atoms with Gasteiger partial charge in [-0.1, -0.05) is 39.3 Å². The third-order valence-corrected chi connectivity index (χ3v) is 6.41. The molecule has 1 fully saturated rings. The van der Waals surface area contributed by atoms with E-state index in [1.165, 1.54) is 9.58 Å². The highest BCUT2D eigenvalue weighted by Gasteiger charge is 2.64. The lowest BCUT2D eigenvalue weighted by molar-refractivity contribution is -0.164. The molecule has 0 aliphatic heterocycles. The second kappa shape index (κ2) is 8.47. The number of hydrogen-bond acceptors (Lipinski definition) is 5. The lowest BCUT2D eigenvalue weighted by Crippen LogP contribution is -2.74. The molecule has 32 heavy (non-hydrogen) atoms. The Hall–Kier alpha value is -3.05. The van der Waals surface area contributed by atoms with E-state index in [0.29, 0.717) is 16.3 Å². The van der Waals surface area contributed by atoms with Crippen LogP contribution in [0.3, 0.4) is 0 Å². The summed E-state index contributed by atoms with van der Waals surface area (Å²) in [4.78, 5) is 26.2. The molecular formula is C23H28ClN5O3. The molecule has 3 rings (SSSR count). The van der Waals surface area contributed by atoms with Crippen molar-refractivity contribution in [3.8, 4) is 11.8 Å². The molecule has 0 bridgehead atoms. The first-order chi connectivity index (χ1) is 14.9. The molecule has 0 saturated heterocycles. The van der Waals surface area contributed by atoms with Gasteiger partial charge in [0, 0.05) is 43.2 Å². The van der Waals surface area contributed by atoms with Crippen molar-refractivity contribution in [2.75, 3.05) is 14.1 Å². The van der Waals surface area contributed by atoms with E-state index in [2.05, 4.69) is 10.4 Å². The normalized spacial score (nSPS) is 20.6. The van der Waals surface area contributed by atoms with Gasteiger partial charge in [-0.25, -0.2) is 0 Å². The lowest BCUT2D eigenvalue weighted by atomic mass is 9.49. The lowest BCUT2D eigenvalue weighted by Gasteiger charge is -2.63. The number of benzene rings is 1. The van der Waals surface area contributed by atoms with Crippen molar-refractivity contribution in [1.29, 1.82) is 5.26 Å². The number of hydrogen-bond donors (Lipinski definition) is 1. The van der Waals surface area contributed by atoms with Crippen LogP contribution in [0.1, 0.15) is 43.7 Å². The van der Waals surface area contributed by atoms with E-state index < -0.39 is 0 Å². The number of rotatable bonds is 6. The second-order valence-electron chi connectivity index (χ2n) is 9.49. The molecule has 2 amide bonds. The highest BCUT2D eigenvalue weighted by atomic mass is 35.5. The Morgan fingerprint density at radius 2 is 1.91 bits per heavy atom. The molecule has 1 aliphatic rings. The van der Waals surface area contributed by atoms with Crippen LogP contribution in [-0.4, -0.2) is 52.7 Å². The predicted molar refractivity (Wildman–Crippen MR) is 120 cm³/mol. The summed E-state index contributed by atoms with van der Waals surface area (Å²) in [6, 6.07) is 8.46. The zero-order chi connectivity index (χ0) is 23.8. The fraction of sp³-hybridized carbons (Fsp3) is 0.478. The van der Waals surface area contributed by atoms with Crippen LogP contribution in [0.25, 0.3) is 0 Å². The van der Waals surface area contributed by atoms with Crippen LogP contribution in [0.2, 0.25) is 5.02 Å². The van der Waals surface area contributed by atoms with Gasteiger partial charge in [0.25, 0.3) is 5.91 Å². The fourth-order valence-corrected chi connectivity index (χ4v) is 4.86. The van der Waals surface area contributed by atoms with E-state index in [1.54, 1.807) is 44.6 Å². The first kappa shape index (κ1) is 23.6. The Balaban J connectivity index is 1.70. The summed E-state index contributed by atoms with van der Waals surface area (Å²) in [5, 5.41) is 16.7. The SMILES string of the molecule is CN(C)C(=O)Cn1ccc(C(=O)NC2C(C)(C)C(Oc3ccc(C#N)c(Cl)c3)C2(C)C)n1. The van der Waals surface area contributed by atoms with Crippen molar-refractivity contribution < 1.29 is 14.3 Å². The number of likely N-dealkylation sites (N-methyl/N-ethyl adjacent to an activating group) is 1. The van der Waals surface area contributed by atoms with Gasteiger partial charge in [0.2, 0.25) is 5.91 Å². The van der Waals surface area contributed by atoms with Crippen molar-refractivity contribution in [2.24, 2.45) is 10.8 Å². The van der Waals surface area contributed by atoms with E-state index >= 15 is 0 Å². The van der Waals surface area contributed by atoms with Gasteiger partial charge in [0.1, 0.15) is 30.2 Å². The molecule has 0 radical (unpaired) electrons. The van der Waals surface area contributed by atoms with Crippen LogP contribution in [-0.2, 0) is 11.3 Å². The maximum absolute atomic E-state index is 12.9. The molecule has 0 spiro atoms. The van der Waals surface area contributed by atoms with E-state index in [1.807, 2.05) is 33.8 Å². The molecule has 0 atom stereocenters. The summed E-state index contributed by atoms with van der Waals surface area (Å²) in [5.74, 6) is 0.172. The maximum atomic E-state index is 12.9. The number of ether oxygens (including phenoxy) is 1. The van der Waals surface area contributed by atoms with Gasteiger partial charge in [-0.3, -0.25) is 14.3 Å². The first-order valence-corrected chi connectivity index (χ1v) is 10.7. The first-order valence-electron chi connectivity index (χ1n) is 10.3. The third kappa shape index (κ3) is 4.30. The maximum Gasteiger partial charge on any atom is 0.272 e. The molecule has 0 unspecified atom stereocenters. The number of nitrogens with one attached hydrogen (secondary N) is 1. The van der Waals surface area contributed by atoms with Gasteiger partial charge in [-0.05, 0) is 18.2 Å². The quantitative estimate of drug-likeness (QED) is 0.718. The summed E-state index contributed by atoms with van der Waals surface area (Å²) >= 11 is 6.14. The molecule has 1 saturated carbocycles. The zero-order valence-electron chi connectivity index (χ0n) is 19.1. The molecule has 1 aliphatic carbocycles. The van der Waals surface area contributed by atoms with Crippen LogP contribution >= 0.6 is 11.6 Å². The Morgan fingerprint density at radius 3 is 2.47 bits per heavy atom. The Labute approximate surface area is 193 Å². The second-order valence-corrected chi connectivity index (χ2v) is 9.89. The van der Waals surface area contributed by atoms with Crippen LogP contribution in [0.5, 0.6) is 5.75 Å². The number of carbonyl (C=O) groups excluding carboxylic acids is 2. The number of carbonyl (C=O) groups is 2. The van der Waals surface area contributed by atoms with E-state index in [0.717, 1.165) is 0 Å². The van der Waals surface area contributed by atoms with Crippen LogP contribution in [0, 0.1) is 22.2 Å². The number of nitrogens with zero attached hydrogens (tertiary/aromatic N) is 4. The fourth-order valence-electron chi connectivity index (χ4n) is 4.65. The minimum absolute atomic E-state index is 0.0732. The zero-order valence-corrected chi connectivity index (χ0v) is 19.9. The van der Waals surface area contributed by atoms with E-state index in [9.17, 15) is 9.59 Å². The van der Waals surface area contributed by atoms with Crippen LogP contribution < -0.4 is 10.1 Å². The number of halogens is 1. The number of amides is 2. The Morgan fingerprint density at radius 1 is 1.25 bits per heavy atom. The van der Waals surface area contributed by atoms with Gasteiger partial charge >= 0.3 is 0 Å².